The fourth-order valence-electron chi connectivity index (χ4n) is 1.57. The predicted molar refractivity (Wildman–Crippen MR) is 70.8 cm³/mol. The van der Waals surface area contributed by atoms with Gasteiger partial charge in [-0.25, -0.2) is 0 Å². The Bertz CT molecular complexity index is 371. The molecule has 1 aromatic rings. The van der Waals surface area contributed by atoms with Crippen LogP contribution in [0.3, 0.4) is 0 Å². The number of nitro groups is 1. The molecule has 0 saturated carbocycles. The number of nitro benzene ring substituents is 1. The molecule has 0 fully saturated rings. The van der Waals surface area contributed by atoms with Crippen LogP contribution in [0.4, 0.5) is 5.69 Å². The first-order valence-electron chi connectivity index (χ1n) is 5.66. The van der Waals surface area contributed by atoms with E-state index >= 15 is 0 Å². The minimum absolute atomic E-state index is 0.0157. The molecule has 0 bridgehead atoms. The zero-order chi connectivity index (χ0) is 12.7. The molecular formula is C12H17NO3S. The molecule has 0 N–H and O–H groups in total. The van der Waals surface area contributed by atoms with Gasteiger partial charge in [-0.15, -0.1) is 0 Å². The second kappa shape index (κ2) is 7.17. The van der Waals surface area contributed by atoms with Gasteiger partial charge in [0.2, 0.25) is 0 Å². The maximum Gasteiger partial charge on any atom is 0.310 e. The van der Waals surface area contributed by atoms with Gasteiger partial charge in [0.15, 0.2) is 5.75 Å². The molecular weight excluding hydrogens is 238 g/mol. The number of rotatable bonds is 7. The van der Waals surface area contributed by atoms with E-state index in [0.29, 0.717) is 18.3 Å². The van der Waals surface area contributed by atoms with E-state index in [-0.39, 0.29) is 5.69 Å². The number of benzene rings is 1. The lowest BCUT2D eigenvalue weighted by Gasteiger charge is -2.14. The molecule has 17 heavy (non-hydrogen) atoms. The van der Waals surface area contributed by atoms with Crippen LogP contribution < -0.4 is 4.74 Å². The lowest BCUT2D eigenvalue weighted by Crippen LogP contribution is -2.14. The highest BCUT2D eigenvalue weighted by Crippen LogP contribution is 2.26. The third kappa shape index (κ3) is 4.26. The molecule has 1 unspecified atom stereocenters. The highest BCUT2D eigenvalue weighted by molar-refractivity contribution is 7.80. The Hall–Kier alpha value is -1.23. The fourth-order valence-corrected chi connectivity index (χ4v) is 1.86. The Morgan fingerprint density at radius 1 is 1.47 bits per heavy atom. The Labute approximate surface area is 107 Å². The van der Waals surface area contributed by atoms with Crippen LogP contribution in [0.25, 0.3) is 0 Å². The summed E-state index contributed by atoms with van der Waals surface area (Å²) in [6.07, 6.45) is 2.08. The van der Waals surface area contributed by atoms with E-state index in [1.54, 1.807) is 18.2 Å². The molecule has 0 radical (unpaired) electrons. The number of hydrogen-bond acceptors (Lipinski definition) is 4. The summed E-state index contributed by atoms with van der Waals surface area (Å²) in [6, 6.07) is 6.44. The van der Waals surface area contributed by atoms with Gasteiger partial charge in [0.25, 0.3) is 0 Å². The summed E-state index contributed by atoms with van der Waals surface area (Å²) in [4.78, 5) is 10.3. The maximum absolute atomic E-state index is 10.8. The Morgan fingerprint density at radius 3 is 2.76 bits per heavy atom. The highest BCUT2D eigenvalue weighted by Gasteiger charge is 2.15. The SMILES string of the molecule is CCCC(CS)COc1ccccc1[N+](=O)[O-]. The second-order valence-electron chi connectivity index (χ2n) is 3.87. The van der Waals surface area contributed by atoms with Gasteiger partial charge in [-0.1, -0.05) is 25.5 Å². The van der Waals surface area contributed by atoms with E-state index < -0.39 is 4.92 Å². The standard InChI is InChI=1S/C12H17NO3S/c1-2-5-10(9-17)8-16-12-7-4-3-6-11(12)13(14)15/h3-4,6-7,10,17H,2,5,8-9H2,1H3. The van der Waals surface area contributed by atoms with Crippen LogP contribution in [0.2, 0.25) is 0 Å². The third-order valence-electron chi connectivity index (χ3n) is 2.49. The van der Waals surface area contributed by atoms with Gasteiger partial charge >= 0.3 is 5.69 Å². The number of para-hydroxylation sites is 2. The summed E-state index contributed by atoms with van der Waals surface area (Å²) >= 11 is 4.25. The van der Waals surface area contributed by atoms with E-state index in [1.165, 1.54) is 6.07 Å². The summed E-state index contributed by atoms with van der Waals surface area (Å²) in [5, 5.41) is 10.8. The van der Waals surface area contributed by atoms with Gasteiger partial charge in [-0.3, -0.25) is 10.1 Å². The van der Waals surface area contributed by atoms with Crippen LogP contribution in [0.5, 0.6) is 5.75 Å². The first kappa shape index (κ1) is 13.8. The molecule has 0 spiro atoms. The van der Waals surface area contributed by atoms with Crippen molar-refractivity contribution in [3.05, 3.63) is 34.4 Å². The van der Waals surface area contributed by atoms with Crippen molar-refractivity contribution in [1.29, 1.82) is 0 Å². The van der Waals surface area contributed by atoms with Gasteiger partial charge in [0, 0.05) is 12.0 Å². The molecule has 0 aliphatic carbocycles. The molecule has 4 nitrogen and oxygen atoms in total. The predicted octanol–water partition coefficient (Wildman–Crippen LogP) is 3.32. The molecule has 1 rings (SSSR count). The van der Waals surface area contributed by atoms with Gasteiger partial charge in [0.05, 0.1) is 11.5 Å². The number of thiol groups is 1. The molecule has 1 aromatic carbocycles. The quantitative estimate of drug-likeness (QED) is 0.462. The van der Waals surface area contributed by atoms with Gasteiger partial charge < -0.3 is 4.74 Å². The van der Waals surface area contributed by atoms with Crippen molar-refractivity contribution in [3.8, 4) is 5.75 Å². The average molecular weight is 255 g/mol. The van der Waals surface area contributed by atoms with Gasteiger partial charge in [-0.2, -0.15) is 12.6 Å². The van der Waals surface area contributed by atoms with Crippen LogP contribution in [-0.2, 0) is 0 Å². The van der Waals surface area contributed by atoms with Crippen LogP contribution in [-0.4, -0.2) is 17.3 Å². The number of hydrogen-bond donors (Lipinski definition) is 1. The van der Waals surface area contributed by atoms with Crippen molar-refractivity contribution in [2.45, 2.75) is 19.8 Å². The lowest BCUT2D eigenvalue weighted by atomic mass is 10.1. The first-order valence-corrected chi connectivity index (χ1v) is 6.29. The van der Waals surface area contributed by atoms with Crippen molar-refractivity contribution in [2.75, 3.05) is 12.4 Å². The summed E-state index contributed by atoms with van der Waals surface area (Å²) in [5.41, 5.74) is 0.0157. The minimum Gasteiger partial charge on any atom is -0.486 e. The molecule has 0 saturated heterocycles. The van der Waals surface area contributed by atoms with E-state index in [2.05, 4.69) is 19.6 Å². The molecule has 0 aliphatic heterocycles. The van der Waals surface area contributed by atoms with Crippen molar-refractivity contribution >= 4 is 18.3 Å². The Morgan fingerprint density at radius 2 is 2.18 bits per heavy atom. The highest BCUT2D eigenvalue weighted by atomic mass is 32.1. The monoisotopic (exact) mass is 255 g/mol. The van der Waals surface area contributed by atoms with Crippen LogP contribution in [0.1, 0.15) is 19.8 Å². The number of ether oxygens (including phenoxy) is 1. The van der Waals surface area contributed by atoms with Crippen LogP contribution >= 0.6 is 12.6 Å². The summed E-state index contributed by atoms with van der Waals surface area (Å²) in [5.74, 6) is 1.40. The van der Waals surface area contributed by atoms with Gasteiger partial charge in [-0.05, 0) is 18.2 Å². The van der Waals surface area contributed by atoms with Crippen molar-refractivity contribution < 1.29 is 9.66 Å². The largest absolute Gasteiger partial charge is 0.486 e. The second-order valence-corrected chi connectivity index (χ2v) is 4.24. The summed E-state index contributed by atoms with van der Waals surface area (Å²) in [7, 11) is 0. The molecule has 1 atom stereocenters. The average Bonchev–Trinajstić information content (AvgIpc) is 2.34. The van der Waals surface area contributed by atoms with Crippen molar-refractivity contribution in [2.24, 2.45) is 5.92 Å². The Balaban J connectivity index is 2.65. The smallest absolute Gasteiger partial charge is 0.310 e. The minimum atomic E-state index is -0.426. The lowest BCUT2D eigenvalue weighted by molar-refractivity contribution is -0.385. The topological polar surface area (TPSA) is 52.4 Å². The van der Waals surface area contributed by atoms with Crippen LogP contribution in [0.15, 0.2) is 24.3 Å². The van der Waals surface area contributed by atoms with Crippen molar-refractivity contribution in [3.63, 3.8) is 0 Å². The zero-order valence-electron chi connectivity index (χ0n) is 9.83. The van der Waals surface area contributed by atoms with E-state index in [9.17, 15) is 10.1 Å². The van der Waals surface area contributed by atoms with Gasteiger partial charge in [0.1, 0.15) is 0 Å². The summed E-state index contributed by atoms with van der Waals surface area (Å²) in [6.45, 7) is 2.57. The molecule has 0 heterocycles. The molecule has 0 amide bonds. The molecule has 94 valence electrons. The van der Waals surface area contributed by atoms with E-state index in [4.69, 9.17) is 4.74 Å². The van der Waals surface area contributed by atoms with E-state index in [0.717, 1.165) is 18.6 Å². The summed E-state index contributed by atoms with van der Waals surface area (Å²) < 4.78 is 5.51. The molecule has 0 aromatic heterocycles. The zero-order valence-corrected chi connectivity index (χ0v) is 10.7. The maximum atomic E-state index is 10.8. The number of nitrogens with zero attached hydrogens (tertiary/aromatic N) is 1. The molecule has 0 aliphatic rings. The Kier molecular flexibility index (Phi) is 5.83. The fraction of sp³-hybridized carbons (Fsp3) is 0.500. The molecule has 5 heteroatoms. The van der Waals surface area contributed by atoms with Crippen molar-refractivity contribution in [1.82, 2.24) is 0 Å². The normalized spacial score (nSPS) is 12.1. The third-order valence-corrected chi connectivity index (χ3v) is 3.01. The van der Waals surface area contributed by atoms with E-state index in [1.807, 2.05) is 0 Å². The van der Waals surface area contributed by atoms with Crippen LogP contribution in [0, 0.1) is 16.0 Å². The first-order chi connectivity index (χ1) is 8.19.